The first-order valence-corrected chi connectivity index (χ1v) is 11.1. The van der Waals surface area contributed by atoms with Crippen LogP contribution >= 0.6 is 0 Å². The molecular weight excluding hydrogens is 507 g/mol. The number of nitriles is 1. The third kappa shape index (κ3) is 5.12. The molecule has 1 aromatic carbocycles. The van der Waals surface area contributed by atoms with E-state index in [4.69, 9.17) is 0 Å². The Morgan fingerprint density at radius 3 is 2.74 bits per heavy atom. The van der Waals surface area contributed by atoms with Crippen LogP contribution in [0.3, 0.4) is 0 Å². The second-order valence-corrected chi connectivity index (χ2v) is 8.40. The molecule has 196 valence electrons. The monoisotopic (exact) mass is 527 g/mol. The van der Waals surface area contributed by atoms with E-state index in [2.05, 4.69) is 25.1 Å². The molecule has 0 radical (unpaired) electrons. The minimum atomic E-state index is -2.69. The van der Waals surface area contributed by atoms with Crippen LogP contribution in [-0.2, 0) is 13.6 Å². The predicted molar refractivity (Wildman–Crippen MR) is 125 cm³/mol. The van der Waals surface area contributed by atoms with Gasteiger partial charge in [0.05, 0.1) is 24.0 Å². The Bertz CT molecular complexity index is 1570. The van der Waals surface area contributed by atoms with Crippen molar-refractivity contribution >= 4 is 11.6 Å². The summed E-state index contributed by atoms with van der Waals surface area (Å²) in [4.78, 5) is 29.9. The zero-order chi connectivity index (χ0) is 27.6. The summed E-state index contributed by atoms with van der Waals surface area (Å²) in [5.74, 6) is -4.28. The van der Waals surface area contributed by atoms with E-state index in [0.717, 1.165) is 27.6 Å². The Labute approximate surface area is 212 Å². The number of hydrogen-bond donors (Lipinski definition) is 2. The number of amides is 1. The largest absolute Gasteiger partial charge is 0.501 e. The summed E-state index contributed by atoms with van der Waals surface area (Å²) in [7, 11) is 1.32. The van der Waals surface area contributed by atoms with E-state index in [-0.39, 0.29) is 22.6 Å². The fourth-order valence-corrected chi connectivity index (χ4v) is 4.19. The average Bonchev–Trinajstić information content (AvgIpc) is 3.55. The van der Waals surface area contributed by atoms with Crippen LogP contribution in [-0.4, -0.2) is 41.9 Å². The zero-order valence-electron chi connectivity index (χ0n) is 20.0. The zero-order valence-corrected chi connectivity index (χ0v) is 20.0. The number of halogens is 3. The minimum absolute atomic E-state index is 0.0111. The summed E-state index contributed by atoms with van der Waals surface area (Å²) in [5.41, 5.74) is -0.770. The maximum Gasteiger partial charge on any atom is 0.296 e. The van der Waals surface area contributed by atoms with E-state index >= 15 is 0 Å². The van der Waals surface area contributed by atoms with Crippen LogP contribution in [0.2, 0.25) is 0 Å². The third-order valence-electron chi connectivity index (χ3n) is 5.92. The van der Waals surface area contributed by atoms with Gasteiger partial charge in [0.2, 0.25) is 5.75 Å². The maximum atomic E-state index is 14.4. The lowest BCUT2D eigenvalue weighted by Gasteiger charge is -2.26. The van der Waals surface area contributed by atoms with Crippen molar-refractivity contribution in [3.63, 3.8) is 0 Å². The van der Waals surface area contributed by atoms with E-state index in [1.165, 1.54) is 31.7 Å². The van der Waals surface area contributed by atoms with Gasteiger partial charge in [-0.25, -0.2) is 18.2 Å². The molecular formula is C24H20F3N7O4. The highest BCUT2D eigenvalue weighted by atomic mass is 19.3. The Balaban J connectivity index is 1.87. The molecule has 1 amide bonds. The number of aromatic hydroxyl groups is 1. The number of benzene rings is 1. The van der Waals surface area contributed by atoms with Crippen LogP contribution in [0.5, 0.6) is 5.75 Å². The third-order valence-corrected chi connectivity index (χ3v) is 5.92. The standard InChI is InChI=1S/C24H20F3N7O4/c1-12(22-32-20(21(35)24(37)33(22)2)23(36)31-16-8-30-38-11-16)19(14-7-29-34(9-14)10-18(26)27)17-5-15(25)4-3-13(17)6-28/h3-5,7-9,11-12,18-19,35H,10H2,1-2H3,(H,31,36)/t12-,19-/m1/s1. The number of nitrogens with zero attached hydrogens (tertiary/aromatic N) is 6. The number of carbonyl (C=O) groups excluding carboxylic acids is 1. The van der Waals surface area contributed by atoms with E-state index in [1.807, 2.05) is 6.07 Å². The summed E-state index contributed by atoms with van der Waals surface area (Å²) in [6, 6.07) is 5.49. The summed E-state index contributed by atoms with van der Waals surface area (Å²) < 4.78 is 47.0. The molecule has 0 bridgehead atoms. The Morgan fingerprint density at radius 1 is 1.32 bits per heavy atom. The molecule has 0 fully saturated rings. The molecule has 14 heteroatoms. The minimum Gasteiger partial charge on any atom is -0.501 e. The summed E-state index contributed by atoms with van der Waals surface area (Å²) in [5, 5.41) is 29.9. The fraction of sp³-hybridized carbons (Fsp3) is 0.250. The van der Waals surface area contributed by atoms with Crippen LogP contribution in [0.4, 0.5) is 18.9 Å². The number of nitrogens with one attached hydrogen (secondary N) is 1. The number of alkyl halides is 2. The van der Waals surface area contributed by atoms with Gasteiger partial charge in [0.1, 0.15) is 30.1 Å². The molecule has 0 unspecified atom stereocenters. The van der Waals surface area contributed by atoms with Crippen LogP contribution in [0.25, 0.3) is 0 Å². The highest BCUT2D eigenvalue weighted by Gasteiger charge is 2.32. The lowest BCUT2D eigenvalue weighted by molar-refractivity contribution is 0.101. The second kappa shape index (κ2) is 10.6. The molecule has 0 saturated heterocycles. The lowest BCUT2D eigenvalue weighted by atomic mass is 9.80. The highest BCUT2D eigenvalue weighted by Crippen LogP contribution is 2.39. The molecule has 0 aliphatic carbocycles. The van der Waals surface area contributed by atoms with Gasteiger partial charge in [0.15, 0.2) is 5.69 Å². The molecule has 38 heavy (non-hydrogen) atoms. The van der Waals surface area contributed by atoms with Crippen molar-refractivity contribution in [1.82, 2.24) is 24.5 Å². The quantitative estimate of drug-likeness (QED) is 0.355. The van der Waals surface area contributed by atoms with Gasteiger partial charge in [-0.2, -0.15) is 10.4 Å². The summed E-state index contributed by atoms with van der Waals surface area (Å²) >= 11 is 0. The van der Waals surface area contributed by atoms with Crippen LogP contribution in [0.1, 0.15) is 51.8 Å². The first-order chi connectivity index (χ1) is 18.1. The van der Waals surface area contributed by atoms with Crippen molar-refractivity contribution in [3.05, 3.63) is 87.4 Å². The topological polar surface area (TPSA) is 152 Å². The first-order valence-electron chi connectivity index (χ1n) is 11.1. The van der Waals surface area contributed by atoms with E-state index in [9.17, 15) is 33.1 Å². The van der Waals surface area contributed by atoms with Crippen LogP contribution in [0, 0.1) is 17.1 Å². The highest BCUT2D eigenvalue weighted by molar-refractivity contribution is 6.04. The maximum absolute atomic E-state index is 14.4. The van der Waals surface area contributed by atoms with Crippen molar-refractivity contribution in [2.45, 2.75) is 31.7 Å². The van der Waals surface area contributed by atoms with Gasteiger partial charge in [-0.3, -0.25) is 18.8 Å². The molecule has 4 aromatic rings. The van der Waals surface area contributed by atoms with Crippen molar-refractivity contribution in [1.29, 1.82) is 5.26 Å². The van der Waals surface area contributed by atoms with Gasteiger partial charge in [-0.15, -0.1) is 0 Å². The van der Waals surface area contributed by atoms with Gasteiger partial charge >= 0.3 is 0 Å². The molecule has 2 N–H and O–H groups in total. The van der Waals surface area contributed by atoms with Gasteiger partial charge in [-0.1, -0.05) is 12.1 Å². The number of aromatic nitrogens is 5. The summed E-state index contributed by atoms with van der Waals surface area (Å²) in [6.45, 7) is 0.903. The van der Waals surface area contributed by atoms with Crippen LogP contribution in [0.15, 0.2) is 52.4 Å². The van der Waals surface area contributed by atoms with Gasteiger partial charge in [0.25, 0.3) is 17.9 Å². The summed E-state index contributed by atoms with van der Waals surface area (Å²) in [6.07, 6.45) is 2.26. The molecule has 11 nitrogen and oxygen atoms in total. The molecule has 3 aromatic heterocycles. The molecule has 0 aliphatic heterocycles. The van der Waals surface area contributed by atoms with Crippen LogP contribution < -0.4 is 10.9 Å². The number of anilines is 1. The lowest BCUT2D eigenvalue weighted by Crippen LogP contribution is -2.29. The van der Waals surface area contributed by atoms with Gasteiger partial charge in [-0.05, 0) is 29.3 Å². The fourth-order valence-electron chi connectivity index (χ4n) is 4.19. The second-order valence-electron chi connectivity index (χ2n) is 8.40. The molecule has 3 heterocycles. The normalized spacial score (nSPS) is 12.8. The molecule has 4 rings (SSSR count). The smallest absolute Gasteiger partial charge is 0.296 e. The van der Waals surface area contributed by atoms with E-state index in [1.54, 1.807) is 6.92 Å². The Morgan fingerprint density at radius 2 is 2.08 bits per heavy atom. The van der Waals surface area contributed by atoms with E-state index < -0.39 is 53.5 Å². The Kier molecular flexibility index (Phi) is 7.28. The van der Waals surface area contributed by atoms with Crippen molar-refractivity contribution in [3.8, 4) is 11.8 Å². The molecule has 0 aliphatic rings. The number of rotatable bonds is 8. The predicted octanol–water partition coefficient (Wildman–Crippen LogP) is 3.13. The van der Waals surface area contributed by atoms with Crippen molar-refractivity contribution in [2.24, 2.45) is 7.05 Å². The van der Waals surface area contributed by atoms with Gasteiger partial charge in [0, 0.05) is 25.1 Å². The number of carbonyl (C=O) groups is 1. The average molecular weight is 527 g/mol. The SMILES string of the molecule is C[C@@H](c1nc(C(=O)Nc2cnoc2)c(O)c(=O)n1C)[C@H](c1cnn(CC(F)F)c1)c1cc(F)ccc1C#N. The molecule has 2 atom stereocenters. The first kappa shape index (κ1) is 26.1. The van der Waals surface area contributed by atoms with Crippen molar-refractivity contribution in [2.75, 3.05) is 5.32 Å². The molecule has 0 spiro atoms. The Hall–Kier alpha value is -4.93. The number of hydrogen-bond acceptors (Lipinski definition) is 8. The van der Waals surface area contributed by atoms with Crippen molar-refractivity contribution < 1.29 is 27.6 Å². The molecule has 0 saturated carbocycles. The van der Waals surface area contributed by atoms with Gasteiger partial charge < -0.3 is 14.9 Å². The van der Waals surface area contributed by atoms with E-state index in [0.29, 0.717) is 5.56 Å².